The zero-order valence-electron chi connectivity index (χ0n) is 21.7. The van der Waals surface area contributed by atoms with Crippen molar-refractivity contribution in [3.8, 4) is 5.69 Å². The maximum absolute atomic E-state index is 13.6. The number of piperazine rings is 1. The van der Waals surface area contributed by atoms with Gasteiger partial charge in [0.1, 0.15) is 17.5 Å². The molecule has 5 rings (SSSR count). The van der Waals surface area contributed by atoms with E-state index in [-0.39, 0.29) is 11.7 Å². The molecule has 1 amide bonds. The number of anilines is 1. The van der Waals surface area contributed by atoms with Crippen LogP contribution >= 0.6 is 0 Å². The number of halogens is 1. The van der Waals surface area contributed by atoms with Gasteiger partial charge in [-0.1, -0.05) is 33.1 Å². The van der Waals surface area contributed by atoms with Gasteiger partial charge >= 0.3 is 0 Å². The third-order valence-corrected chi connectivity index (χ3v) is 7.59. The van der Waals surface area contributed by atoms with E-state index >= 15 is 0 Å². The molecule has 0 bridgehead atoms. The number of nitrogens with zero attached hydrogens (tertiary/aromatic N) is 6. The van der Waals surface area contributed by atoms with Crippen LogP contribution in [0.5, 0.6) is 0 Å². The standard InChI is InChI=1S/C28H37FN6O/c1-19(2)9-14-24-30-26(33-15-17-34(18-16-33)28(36)21-7-5-4-6-8-21)25-20(3)32-35(27(25)31-24)23-12-10-22(29)11-13-23/h10-13,19,21H,4-9,14-18H2,1-3H3. The fourth-order valence-electron chi connectivity index (χ4n) is 5.47. The van der Waals surface area contributed by atoms with Crippen molar-refractivity contribution in [2.24, 2.45) is 11.8 Å². The molecule has 0 N–H and O–H groups in total. The zero-order valence-corrected chi connectivity index (χ0v) is 21.7. The van der Waals surface area contributed by atoms with Crippen LogP contribution in [0.4, 0.5) is 10.2 Å². The third kappa shape index (κ3) is 5.08. The minimum absolute atomic E-state index is 0.204. The van der Waals surface area contributed by atoms with Gasteiger partial charge in [0, 0.05) is 38.5 Å². The van der Waals surface area contributed by atoms with Crippen LogP contribution in [0, 0.1) is 24.6 Å². The Morgan fingerprint density at radius 3 is 2.39 bits per heavy atom. The summed E-state index contributed by atoms with van der Waals surface area (Å²) in [6.45, 7) is 9.31. The molecule has 1 saturated carbocycles. The number of aromatic nitrogens is 4. The van der Waals surface area contributed by atoms with Gasteiger partial charge in [-0.3, -0.25) is 4.79 Å². The summed E-state index contributed by atoms with van der Waals surface area (Å²) >= 11 is 0. The average molecular weight is 493 g/mol. The molecule has 2 aliphatic rings. The molecular weight excluding hydrogens is 455 g/mol. The lowest BCUT2D eigenvalue weighted by molar-refractivity contribution is -0.136. The predicted octanol–water partition coefficient (Wildman–Crippen LogP) is 5.08. The van der Waals surface area contributed by atoms with Crippen molar-refractivity contribution in [3.63, 3.8) is 0 Å². The molecule has 0 radical (unpaired) electrons. The quantitative estimate of drug-likeness (QED) is 0.480. The van der Waals surface area contributed by atoms with E-state index in [2.05, 4.69) is 23.6 Å². The Morgan fingerprint density at radius 1 is 1.03 bits per heavy atom. The molecule has 1 aromatic carbocycles. The lowest BCUT2D eigenvalue weighted by Crippen LogP contribution is -2.51. The Bertz CT molecular complexity index is 1210. The Kier molecular flexibility index (Phi) is 7.21. The summed E-state index contributed by atoms with van der Waals surface area (Å²) in [4.78, 5) is 27.4. The van der Waals surface area contributed by atoms with Gasteiger partial charge < -0.3 is 9.80 Å². The van der Waals surface area contributed by atoms with Gasteiger partial charge in [-0.15, -0.1) is 0 Å². The Labute approximate surface area is 212 Å². The second-order valence-corrected chi connectivity index (χ2v) is 10.7. The van der Waals surface area contributed by atoms with Crippen LogP contribution in [0.25, 0.3) is 16.7 Å². The van der Waals surface area contributed by atoms with Crippen LogP contribution in [0.2, 0.25) is 0 Å². The molecule has 1 aliphatic heterocycles. The van der Waals surface area contributed by atoms with Crippen LogP contribution in [-0.2, 0) is 11.2 Å². The van der Waals surface area contributed by atoms with Crippen molar-refractivity contribution in [2.75, 3.05) is 31.1 Å². The smallest absolute Gasteiger partial charge is 0.225 e. The van der Waals surface area contributed by atoms with Crippen molar-refractivity contribution in [1.29, 1.82) is 0 Å². The first-order valence-corrected chi connectivity index (χ1v) is 13.5. The summed E-state index contributed by atoms with van der Waals surface area (Å²) in [5.74, 6) is 2.51. The van der Waals surface area contributed by atoms with Crippen molar-refractivity contribution in [1.82, 2.24) is 24.6 Å². The fraction of sp³-hybridized carbons (Fsp3) is 0.571. The van der Waals surface area contributed by atoms with E-state index in [1.807, 2.05) is 6.92 Å². The topological polar surface area (TPSA) is 67.2 Å². The molecule has 36 heavy (non-hydrogen) atoms. The summed E-state index contributed by atoms with van der Waals surface area (Å²) < 4.78 is 15.4. The van der Waals surface area contributed by atoms with E-state index in [0.29, 0.717) is 24.9 Å². The van der Waals surface area contributed by atoms with Crippen molar-refractivity contribution >= 4 is 22.8 Å². The average Bonchev–Trinajstić information content (AvgIpc) is 3.24. The molecule has 192 valence electrons. The summed E-state index contributed by atoms with van der Waals surface area (Å²) in [5.41, 5.74) is 2.38. The summed E-state index contributed by atoms with van der Waals surface area (Å²) in [7, 11) is 0. The van der Waals surface area contributed by atoms with Gasteiger partial charge in [0.15, 0.2) is 5.65 Å². The third-order valence-electron chi connectivity index (χ3n) is 7.59. The second kappa shape index (κ2) is 10.5. The Morgan fingerprint density at radius 2 is 1.72 bits per heavy atom. The molecular formula is C28H37FN6O. The molecule has 7 nitrogen and oxygen atoms in total. The summed E-state index contributed by atoms with van der Waals surface area (Å²) in [6, 6.07) is 6.35. The fourth-order valence-corrected chi connectivity index (χ4v) is 5.47. The lowest BCUT2D eigenvalue weighted by Gasteiger charge is -2.38. The van der Waals surface area contributed by atoms with Gasteiger partial charge in [-0.05, 0) is 56.4 Å². The van der Waals surface area contributed by atoms with E-state index < -0.39 is 0 Å². The van der Waals surface area contributed by atoms with E-state index in [1.54, 1.807) is 16.8 Å². The molecule has 0 unspecified atom stereocenters. The Hall–Kier alpha value is -3.03. The van der Waals surface area contributed by atoms with Gasteiger partial charge in [0.05, 0.1) is 16.8 Å². The molecule has 0 spiro atoms. The van der Waals surface area contributed by atoms with E-state index in [4.69, 9.17) is 15.1 Å². The molecule has 3 aromatic rings. The van der Waals surface area contributed by atoms with Crippen molar-refractivity contribution in [3.05, 3.63) is 41.6 Å². The van der Waals surface area contributed by atoms with Crippen molar-refractivity contribution < 1.29 is 9.18 Å². The number of aryl methyl sites for hydroxylation is 2. The summed E-state index contributed by atoms with van der Waals surface area (Å²) in [6.07, 6.45) is 7.45. The minimum atomic E-state index is -0.277. The first-order valence-electron chi connectivity index (χ1n) is 13.5. The highest BCUT2D eigenvalue weighted by molar-refractivity contribution is 5.91. The van der Waals surface area contributed by atoms with Crippen LogP contribution in [0.1, 0.15) is 63.9 Å². The van der Waals surface area contributed by atoms with E-state index in [1.165, 1.54) is 31.4 Å². The van der Waals surface area contributed by atoms with E-state index in [0.717, 1.165) is 72.8 Å². The number of amides is 1. The SMILES string of the molecule is Cc1nn(-c2ccc(F)cc2)c2nc(CCC(C)C)nc(N3CCN(C(=O)C4CCCCC4)CC3)c12. The number of carbonyl (C=O) groups is 1. The molecule has 1 aliphatic carbocycles. The van der Waals surface area contributed by atoms with Crippen LogP contribution in [0.15, 0.2) is 24.3 Å². The van der Waals surface area contributed by atoms with Crippen LogP contribution in [0.3, 0.4) is 0 Å². The monoisotopic (exact) mass is 492 g/mol. The number of fused-ring (bicyclic) bond motifs is 1. The molecule has 0 atom stereocenters. The van der Waals surface area contributed by atoms with Gasteiger partial charge in [-0.2, -0.15) is 5.10 Å². The molecule has 2 fully saturated rings. The van der Waals surface area contributed by atoms with Gasteiger partial charge in [-0.25, -0.2) is 19.0 Å². The van der Waals surface area contributed by atoms with Gasteiger partial charge in [0.2, 0.25) is 5.91 Å². The van der Waals surface area contributed by atoms with Crippen molar-refractivity contribution in [2.45, 2.75) is 65.7 Å². The lowest BCUT2D eigenvalue weighted by atomic mass is 9.88. The number of hydrogen-bond donors (Lipinski definition) is 0. The van der Waals surface area contributed by atoms with Gasteiger partial charge in [0.25, 0.3) is 0 Å². The number of rotatable bonds is 6. The zero-order chi connectivity index (χ0) is 25.2. The Balaban J connectivity index is 1.45. The number of carbonyl (C=O) groups excluding carboxylic acids is 1. The maximum Gasteiger partial charge on any atom is 0.225 e. The largest absolute Gasteiger partial charge is 0.352 e. The number of hydrogen-bond acceptors (Lipinski definition) is 5. The molecule has 2 aromatic heterocycles. The number of benzene rings is 1. The minimum Gasteiger partial charge on any atom is -0.352 e. The maximum atomic E-state index is 13.6. The second-order valence-electron chi connectivity index (χ2n) is 10.7. The van der Waals surface area contributed by atoms with Crippen LogP contribution in [-0.4, -0.2) is 56.7 Å². The highest BCUT2D eigenvalue weighted by Gasteiger charge is 2.30. The molecule has 8 heteroatoms. The normalized spacial score (nSPS) is 17.4. The van der Waals surface area contributed by atoms with Crippen LogP contribution < -0.4 is 4.90 Å². The highest BCUT2D eigenvalue weighted by Crippen LogP contribution is 2.31. The predicted molar refractivity (Wildman–Crippen MR) is 140 cm³/mol. The summed E-state index contributed by atoms with van der Waals surface area (Å²) in [5, 5.41) is 5.72. The first-order chi connectivity index (χ1) is 17.4. The first kappa shape index (κ1) is 24.7. The molecule has 3 heterocycles. The molecule has 1 saturated heterocycles. The highest BCUT2D eigenvalue weighted by atomic mass is 19.1. The van der Waals surface area contributed by atoms with E-state index in [9.17, 15) is 9.18 Å².